The van der Waals surface area contributed by atoms with Gasteiger partial charge in [-0.15, -0.1) is 0 Å². The van der Waals surface area contributed by atoms with E-state index in [1.807, 2.05) is 25.1 Å². The zero-order chi connectivity index (χ0) is 12.1. The van der Waals surface area contributed by atoms with E-state index in [1.54, 1.807) is 7.11 Å². The molecule has 0 bridgehead atoms. The summed E-state index contributed by atoms with van der Waals surface area (Å²) in [5.41, 5.74) is 0.954. The van der Waals surface area contributed by atoms with Gasteiger partial charge < -0.3 is 9.84 Å². The third-order valence-electron chi connectivity index (χ3n) is 2.59. The second-order valence-electron chi connectivity index (χ2n) is 3.87. The van der Waals surface area contributed by atoms with Crippen LogP contribution in [0.15, 0.2) is 22.7 Å². The summed E-state index contributed by atoms with van der Waals surface area (Å²) in [6.45, 7) is 2.72. The molecule has 0 aromatic heterocycles. The summed E-state index contributed by atoms with van der Waals surface area (Å²) in [7, 11) is 1.68. The molecule has 0 aliphatic heterocycles. The highest BCUT2D eigenvalue weighted by molar-refractivity contribution is 14.1. The third kappa shape index (κ3) is 3.98. The number of hydrogen-bond donors (Lipinski definition) is 1. The monoisotopic (exact) mass is 398 g/mol. The summed E-state index contributed by atoms with van der Waals surface area (Å²) in [5, 5.41) is 10.2. The van der Waals surface area contributed by atoms with Gasteiger partial charge in [-0.25, -0.2) is 0 Å². The lowest BCUT2D eigenvalue weighted by atomic mass is 9.95. The quantitative estimate of drug-likeness (QED) is 0.765. The van der Waals surface area contributed by atoms with Gasteiger partial charge in [-0.3, -0.25) is 0 Å². The number of hydrogen-bond acceptors (Lipinski definition) is 2. The fourth-order valence-corrected chi connectivity index (χ4v) is 2.51. The van der Waals surface area contributed by atoms with Gasteiger partial charge >= 0.3 is 0 Å². The van der Waals surface area contributed by atoms with Crippen molar-refractivity contribution in [3.8, 4) is 0 Å². The van der Waals surface area contributed by atoms with Crippen molar-refractivity contribution in [1.82, 2.24) is 0 Å². The summed E-state index contributed by atoms with van der Waals surface area (Å²) in [4.78, 5) is 0. The Labute approximate surface area is 119 Å². The molecule has 2 nitrogen and oxygen atoms in total. The van der Waals surface area contributed by atoms with E-state index >= 15 is 0 Å². The predicted octanol–water partition coefficient (Wildman–Crippen LogP) is 3.76. The molecule has 1 rings (SSSR count). The number of benzene rings is 1. The molecule has 1 aromatic carbocycles. The topological polar surface area (TPSA) is 29.5 Å². The van der Waals surface area contributed by atoms with E-state index < -0.39 is 6.10 Å². The molecule has 0 aliphatic rings. The Morgan fingerprint density at radius 3 is 2.81 bits per heavy atom. The molecule has 1 N–H and O–H groups in total. The maximum atomic E-state index is 10.2. The van der Waals surface area contributed by atoms with Crippen LogP contribution in [0.2, 0.25) is 0 Å². The number of halogens is 2. The molecule has 0 saturated carbocycles. The summed E-state index contributed by atoms with van der Waals surface area (Å²) >= 11 is 5.72. The summed E-state index contributed by atoms with van der Waals surface area (Å²) in [6, 6.07) is 6.00. The largest absolute Gasteiger partial charge is 0.388 e. The zero-order valence-electron chi connectivity index (χ0n) is 9.41. The maximum absolute atomic E-state index is 10.2. The average molecular weight is 399 g/mol. The van der Waals surface area contributed by atoms with Crippen molar-refractivity contribution in [2.45, 2.75) is 19.4 Å². The Morgan fingerprint density at radius 1 is 1.50 bits per heavy atom. The van der Waals surface area contributed by atoms with Crippen LogP contribution in [-0.2, 0) is 4.74 Å². The van der Waals surface area contributed by atoms with Crippen LogP contribution < -0.4 is 0 Å². The fraction of sp³-hybridized carbons (Fsp3) is 0.500. The van der Waals surface area contributed by atoms with Crippen LogP contribution in [0.25, 0.3) is 0 Å². The molecule has 0 fully saturated rings. The molecule has 16 heavy (non-hydrogen) atoms. The van der Waals surface area contributed by atoms with E-state index in [2.05, 4.69) is 38.5 Å². The second-order valence-corrected chi connectivity index (χ2v) is 5.97. The lowest BCUT2D eigenvalue weighted by Crippen LogP contribution is -2.12. The number of aliphatic hydroxyl groups is 1. The van der Waals surface area contributed by atoms with Crippen LogP contribution in [0.4, 0.5) is 0 Å². The first-order valence-electron chi connectivity index (χ1n) is 5.18. The van der Waals surface area contributed by atoms with E-state index in [-0.39, 0.29) is 5.92 Å². The normalized spacial score (nSPS) is 14.8. The minimum absolute atomic E-state index is 0.189. The highest BCUT2D eigenvalue weighted by Gasteiger charge is 2.18. The molecular formula is C12H16BrIO2. The molecule has 2 unspecified atom stereocenters. The third-order valence-corrected chi connectivity index (χ3v) is 3.99. The van der Waals surface area contributed by atoms with Crippen LogP contribution in [-0.4, -0.2) is 18.8 Å². The van der Waals surface area contributed by atoms with Gasteiger partial charge in [0.2, 0.25) is 0 Å². The molecule has 4 heteroatoms. The Morgan fingerprint density at radius 2 is 2.19 bits per heavy atom. The van der Waals surface area contributed by atoms with Crippen molar-refractivity contribution in [3.05, 3.63) is 31.8 Å². The van der Waals surface area contributed by atoms with Gasteiger partial charge in [-0.05, 0) is 58.7 Å². The Hall–Kier alpha value is 0.350. The van der Waals surface area contributed by atoms with Crippen molar-refractivity contribution in [2.24, 2.45) is 5.92 Å². The Kier molecular flexibility index (Phi) is 6.25. The van der Waals surface area contributed by atoms with Crippen molar-refractivity contribution >= 4 is 38.5 Å². The first-order chi connectivity index (χ1) is 7.56. The molecule has 0 spiro atoms. The molecular weight excluding hydrogens is 383 g/mol. The molecule has 90 valence electrons. The van der Waals surface area contributed by atoms with Crippen molar-refractivity contribution in [3.63, 3.8) is 0 Å². The molecule has 0 radical (unpaired) electrons. The Bertz CT molecular complexity index is 344. The highest BCUT2D eigenvalue weighted by atomic mass is 127. The van der Waals surface area contributed by atoms with E-state index in [4.69, 9.17) is 4.74 Å². The van der Waals surface area contributed by atoms with Gasteiger partial charge in [-0.1, -0.05) is 22.9 Å². The molecule has 0 amide bonds. The van der Waals surface area contributed by atoms with Crippen molar-refractivity contribution in [1.29, 1.82) is 0 Å². The number of rotatable bonds is 5. The van der Waals surface area contributed by atoms with Crippen molar-refractivity contribution < 1.29 is 9.84 Å². The smallest absolute Gasteiger partial charge is 0.0827 e. The average Bonchev–Trinajstić information content (AvgIpc) is 2.28. The van der Waals surface area contributed by atoms with Gasteiger partial charge in [0.15, 0.2) is 0 Å². The number of ether oxygens (including phenoxy) is 1. The van der Waals surface area contributed by atoms with Gasteiger partial charge in [0, 0.05) is 21.8 Å². The highest BCUT2D eigenvalue weighted by Crippen LogP contribution is 2.31. The first kappa shape index (κ1) is 14.4. The van der Waals surface area contributed by atoms with Gasteiger partial charge in [0.1, 0.15) is 0 Å². The zero-order valence-corrected chi connectivity index (χ0v) is 13.2. The lowest BCUT2D eigenvalue weighted by Gasteiger charge is -2.20. The van der Waals surface area contributed by atoms with Crippen molar-refractivity contribution in [2.75, 3.05) is 13.7 Å². The number of aliphatic hydroxyl groups excluding tert-OH is 1. The van der Waals surface area contributed by atoms with Crippen LogP contribution in [0.1, 0.15) is 25.0 Å². The SMILES string of the molecule is COCCC(C)C(O)c1cc(I)ccc1Br. The number of methoxy groups -OCH3 is 1. The van der Waals surface area contributed by atoms with Crippen LogP contribution >= 0.6 is 38.5 Å². The summed E-state index contributed by atoms with van der Waals surface area (Å²) in [6.07, 6.45) is 0.412. The minimum atomic E-state index is -0.445. The Balaban J connectivity index is 2.78. The van der Waals surface area contributed by atoms with Crippen LogP contribution in [0.3, 0.4) is 0 Å². The van der Waals surface area contributed by atoms with E-state index in [0.717, 1.165) is 20.0 Å². The molecule has 0 heterocycles. The minimum Gasteiger partial charge on any atom is -0.388 e. The standard InChI is InChI=1S/C12H16BrIO2/c1-8(5-6-16-2)12(15)10-7-9(14)3-4-11(10)13/h3-4,7-8,12,15H,5-6H2,1-2H3. The lowest BCUT2D eigenvalue weighted by molar-refractivity contribution is 0.0880. The summed E-state index contributed by atoms with van der Waals surface area (Å²) < 4.78 is 7.12. The van der Waals surface area contributed by atoms with E-state index in [9.17, 15) is 5.11 Å². The van der Waals surface area contributed by atoms with Gasteiger partial charge in [0.25, 0.3) is 0 Å². The summed E-state index contributed by atoms with van der Waals surface area (Å²) in [5.74, 6) is 0.189. The molecule has 0 aliphatic carbocycles. The maximum Gasteiger partial charge on any atom is 0.0827 e. The van der Waals surface area contributed by atoms with Crippen LogP contribution in [0.5, 0.6) is 0 Å². The molecule has 0 saturated heterocycles. The first-order valence-corrected chi connectivity index (χ1v) is 7.05. The van der Waals surface area contributed by atoms with Crippen LogP contribution in [0, 0.1) is 9.49 Å². The van der Waals surface area contributed by atoms with Gasteiger partial charge in [0.05, 0.1) is 6.10 Å². The molecule has 1 aromatic rings. The fourth-order valence-electron chi connectivity index (χ4n) is 1.51. The molecule has 2 atom stereocenters. The second kappa shape index (κ2) is 6.93. The predicted molar refractivity (Wildman–Crippen MR) is 77.5 cm³/mol. The van der Waals surface area contributed by atoms with E-state index in [1.165, 1.54) is 0 Å². The van der Waals surface area contributed by atoms with E-state index in [0.29, 0.717) is 6.61 Å². The van der Waals surface area contributed by atoms with Gasteiger partial charge in [-0.2, -0.15) is 0 Å².